The predicted octanol–water partition coefficient (Wildman–Crippen LogP) is 4.66. The Hall–Kier alpha value is -3.13. The van der Waals surface area contributed by atoms with Crippen molar-refractivity contribution in [1.82, 2.24) is 15.4 Å². The fraction of sp³-hybridized carbons (Fsp3) is 0.190. The predicted molar refractivity (Wildman–Crippen MR) is 120 cm³/mol. The minimum Gasteiger partial charge on any atom is -0.393 e. The summed E-state index contributed by atoms with van der Waals surface area (Å²) in [6.45, 7) is 2.18. The minimum atomic E-state index is -0.312. The van der Waals surface area contributed by atoms with Crippen LogP contribution in [0.1, 0.15) is 35.7 Å². The summed E-state index contributed by atoms with van der Waals surface area (Å²) >= 11 is 3.36. The van der Waals surface area contributed by atoms with E-state index in [-0.39, 0.29) is 5.91 Å². The van der Waals surface area contributed by atoms with E-state index >= 15 is 0 Å². The van der Waals surface area contributed by atoms with Crippen molar-refractivity contribution >= 4 is 44.8 Å². The molecule has 0 saturated heterocycles. The van der Waals surface area contributed by atoms with Crippen LogP contribution in [0.4, 0.5) is 23.0 Å². The number of amides is 1. The first-order chi connectivity index (χ1) is 14.1. The van der Waals surface area contributed by atoms with Crippen LogP contribution in [0.25, 0.3) is 0 Å². The van der Waals surface area contributed by atoms with Crippen LogP contribution in [0.15, 0.2) is 59.3 Å². The Morgan fingerprint density at radius 3 is 2.52 bits per heavy atom. The van der Waals surface area contributed by atoms with E-state index in [0.717, 1.165) is 12.1 Å². The molecule has 0 bridgehead atoms. The van der Waals surface area contributed by atoms with Crippen molar-refractivity contribution in [1.29, 1.82) is 0 Å². The van der Waals surface area contributed by atoms with Gasteiger partial charge < -0.3 is 11.1 Å². The average Bonchev–Trinajstić information content (AvgIpc) is 2.74. The van der Waals surface area contributed by atoms with Gasteiger partial charge in [-0.05, 0) is 58.6 Å². The molecule has 3 aromatic rings. The highest BCUT2D eigenvalue weighted by molar-refractivity contribution is 9.10. The first kappa shape index (κ1) is 20.6. The molecular formula is C21H23BrN6O. The molecule has 0 radical (unpaired) electrons. The van der Waals surface area contributed by atoms with E-state index in [2.05, 4.69) is 61.1 Å². The Labute approximate surface area is 178 Å². The summed E-state index contributed by atoms with van der Waals surface area (Å²) in [5.74, 6) is 0.453. The SMILES string of the molecule is CCCCc1ccc(Nc2ncnc(NNC(=O)c3ccccc3Br)c2N)cc1. The van der Waals surface area contributed by atoms with E-state index in [0.29, 0.717) is 27.4 Å². The third kappa shape index (κ3) is 5.45. The molecule has 3 rings (SSSR count). The van der Waals surface area contributed by atoms with Crippen molar-refractivity contribution in [3.8, 4) is 0 Å². The van der Waals surface area contributed by atoms with Crippen molar-refractivity contribution in [3.05, 3.63) is 70.5 Å². The van der Waals surface area contributed by atoms with Gasteiger partial charge in [0.1, 0.15) is 12.0 Å². The number of unbranched alkanes of at least 4 members (excludes halogenated alkanes) is 1. The Balaban J connectivity index is 1.66. The lowest BCUT2D eigenvalue weighted by Crippen LogP contribution is -2.30. The molecule has 1 amide bonds. The molecule has 0 saturated carbocycles. The second-order valence-electron chi connectivity index (χ2n) is 6.47. The number of aryl methyl sites for hydroxylation is 1. The maximum absolute atomic E-state index is 12.3. The molecule has 0 aliphatic heterocycles. The van der Waals surface area contributed by atoms with Crippen molar-refractivity contribution in [3.63, 3.8) is 0 Å². The van der Waals surface area contributed by atoms with Gasteiger partial charge in [0.15, 0.2) is 11.6 Å². The lowest BCUT2D eigenvalue weighted by molar-refractivity contribution is 0.0961. The highest BCUT2D eigenvalue weighted by Crippen LogP contribution is 2.25. The van der Waals surface area contributed by atoms with E-state index < -0.39 is 0 Å². The highest BCUT2D eigenvalue weighted by atomic mass is 79.9. The number of nitrogens with zero attached hydrogens (tertiary/aromatic N) is 2. The van der Waals surface area contributed by atoms with E-state index in [1.807, 2.05) is 18.2 Å². The zero-order valence-corrected chi connectivity index (χ0v) is 17.7. The lowest BCUT2D eigenvalue weighted by atomic mass is 10.1. The van der Waals surface area contributed by atoms with Gasteiger partial charge in [0.05, 0.1) is 5.56 Å². The number of nitrogens with two attached hydrogens (primary N) is 1. The highest BCUT2D eigenvalue weighted by Gasteiger charge is 2.12. The molecule has 1 heterocycles. The fourth-order valence-electron chi connectivity index (χ4n) is 2.70. The van der Waals surface area contributed by atoms with Crippen LogP contribution in [0.2, 0.25) is 0 Å². The monoisotopic (exact) mass is 454 g/mol. The van der Waals surface area contributed by atoms with Crippen LogP contribution in [0, 0.1) is 0 Å². The third-order valence-electron chi connectivity index (χ3n) is 4.33. The van der Waals surface area contributed by atoms with E-state index in [4.69, 9.17) is 5.73 Å². The van der Waals surface area contributed by atoms with E-state index in [1.54, 1.807) is 18.2 Å². The van der Waals surface area contributed by atoms with Gasteiger partial charge in [-0.2, -0.15) is 0 Å². The Kier molecular flexibility index (Phi) is 7.02. The van der Waals surface area contributed by atoms with Gasteiger partial charge in [-0.15, -0.1) is 0 Å². The number of benzene rings is 2. The number of halogens is 1. The van der Waals surface area contributed by atoms with Crippen molar-refractivity contribution in [2.45, 2.75) is 26.2 Å². The van der Waals surface area contributed by atoms with Crippen LogP contribution in [0.3, 0.4) is 0 Å². The fourth-order valence-corrected chi connectivity index (χ4v) is 3.16. The summed E-state index contributed by atoms with van der Waals surface area (Å²) in [5.41, 5.74) is 14.5. The first-order valence-corrected chi connectivity index (χ1v) is 10.1. The molecular weight excluding hydrogens is 432 g/mol. The van der Waals surface area contributed by atoms with Crippen LogP contribution < -0.4 is 21.9 Å². The second-order valence-corrected chi connectivity index (χ2v) is 7.32. The number of aromatic nitrogens is 2. The van der Waals surface area contributed by atoms with Crippen molar-refractivity contribution in [2.24, 2.45) is 0 Å². The van der Waals surface area contributed by atoms with Gasteiger partial charge in [0.2, 0.25) is 0 Å². The number of hydrazine groups is 1. The van der Waals surface area contributed by atoms with E-state index in [9.17, 15) is 4.79 Å². The van der Waals surface area contributed by atoms with Crippen LogP contribution in [-0.4, -0.2) is 15.9 Å². The van der Waals surface area contributed by atoms with Gasteiger partial charge in [-0.1, -0.05) is 37.6 Å². The normalized spacial score (nSPS) is 10.4. The molecule has 7 nitrogen and oxygen atoms in total. The molecule has 8 heteroatoms. The van der Waals surface area contributed by atoms with Crippen LogP contribution in [0.5, 0.6) is 0 Å². The number of hydrogen-bond donors (Lipinski definition) is 4. The number of anilines is 4. The topological polar surface area (TPSA) is 105 Å². The number of nitrogen functional groups attached to an aromatic ring is 1. The second kappa shape index (κ2) is 9.88. The van der Waals surface area contributed by atoms with Gasteiger partial charge in [0, 0.05) is 10.2 Å². The molecule has 29 heavy (non-hydrogen) atoms. The summed E-state index contributed by atoms with van der Waals surface area (Å²) in [6.07, 6.45) is 4.79. The summed E-state index contributed by atoms with van der Waals surface area (Å²) in [7, 11) is 0. The van der Waals surface area contributed by atoms with Gasteiger partial charge in [-0.3, -0.25) is 15.6 Å². The van der Waals surface area contributed by atoms with Crippen LogP contribution >= 0.6 is 15.9 Å². The lowest BCUT2D eigenvalue weighted by Gasteiger charge is -2.14. The molecule has 0 aliphatic carbocycles. The smallest absolute Gasteiger partial charge is 0.270 e. The molecule has 5 N–H and O–H groups in total. The maximum Gasteiger partial charge on any atom is 0.270 e. The number of carbonyl (C=O) groups excluding carboxylic acids is 1. The summed E-state index contributed by atoms with van der Waals surface area (Å²) in [5, 5.41) is 3.19. The molecule has 0 atom stereocenters. The quantitative estimate of drug-likeness (QED) is 0.368. The average molecular weight is 455 g/mol. The number of rotatable bonds is 8. The number of nitrogens with one attached hydrogen (secondary N) is 3. The molecule has 150 valence electrons. The van der Waals surface area contributed by atoms with Gasteiger partial charge in [-0.25, -0.2) is 9.97 Å². The maximum atomic E-state index is 12.3. The van der Waals surface area contributed by atoms with Gasteiger partial charge >= 0.3 is 0 Å². The molecule has 0 spiro atoms. The summed E-state index contributed by atoms with van der Waals surface area (Å²) in [4.78, 5) is 20.6. The van der Waals surface area contributed by atoms with Crippen molar-refractivity contribution in [2.75, 3.05) is 16.5 Å². The Bertz CT molecular complexity index is 977. The molecule has 1 aromatic heterocycles. The van der Waals surface area contributed by atoms with Crippen molar-refractivity contribution < 1.29 is 4.79 Å². The largest absolute Gasteiger partial charge is 0.393 e. The van der Waals surface area contributed by atoms with Gasteiger partial charge in [0.25, 0.3) is 5.91 Å². The Morgan fingerprint density at radius 2 is 1.79 bits per heavy atom. The molecule has 0 unspecified atom stereocenters. The standard InChI is InChI=1S/C21H23BrN6O/c1-2-3-6-14-9-11-15(12-10-14)26-19-18(23)20(25-13-24-19)27-28-21(29)16-7-4-5-8-17(16)22/h4-5,7-13H,2-3,6,23H2,1H3,(H,28,29)(H2,24,25,26,27). The molecule has 2 aromatic carbocycles. The number of carbonyl (C=O) groups is 1. The molecule has 0 fully saturated rings. The molecule has 0 aliphatic rings. The van der Waals surface area contributed by atoms with Crippen LogP contribution in [-0.2, 0) is 6.42 Å². The zero-order valence-electron chi connectivity index (χ0n) is 16.1. The summed E-state index contributed by atoms with van der Waals surface area (Å²) in [6, 6.07) is 15.3. The van der Waals surface area contributed by atoms with E-state index in [1.165, 1.54) is 24.7 Å². The zero-order chi connectivity index (χ0) is 20.6. The number of hydrogen-bond acceptors (Lipinski definition) is 6. The first-order valence-electron chi connectivity index (χ1n) is 9.35. The third-order valence-corrected chi connectivity index (χ3v) is 5.02. The minimum absolute atomic E-state index is 0.301. The Morgan fingerprint density at radius 1 is 1.07 bits per heavy atom. The summed E-state index contributed by atoms with van der Waals surface area (Å²) < 4.78 is 0.694.